The fourth-order valence-electron chi connectivity index (χ4n) is 11.9. The van der Waals surface area contributed by atoms with Gasteiger partial charge in [0, 0.05) is 99.4 Å². The van der Waals surface area contributed by atoms with E-state index in [2.05, 4.69) is 112 Å². The first-order chi connectivity index (χ1) is 46.4. The van der Waals surface area contributed by atoms with Crippen molar-refractivity contribution in [3.05, 3.63) is 183 Å². The van der Waals surface area contributed by atoms with E-state index in [9.17, 15) is 28.0 Å². The number of hydrogen-bond donors (Lipinski definition) is 4. The van der Waals surface area contributed by atoms with E-state index in [-0.39, 0.29) is 71.1 Å². The van der Waals surface area contributed by atoms with Gasteiger partial charge < -0.3 is 41.6 Å². The van der Waals surface area contributed by atoms with E-state index in [1.807, 2.05) is 47.4 Å². The van der Waals surface area contributed by atoms with E-state index in [1.165, 1.54) is 60.9 Å². The van der Waals surface area contributed by atoms with Crippen LogP contribution in [-0.2, 0) is 19.6 Å². The Morgan fingerprint density at radius 3 is 2.14 bits per heavy atom. The van der Waals surface area contributed by atoms with Crippen LogP contribution >= 0.6 is 54.5 Å². The molecule has 0 radical (unpaired) electrons. The highest BCUT2D eigenvalue weighted by atomic mass is 127. The molecule has 10 heterocycles. The molecule has 3 aromatic carbocycles. The van der Waals surface area contributed by atoms with Gasteiger partial charge in [0.25, 0.3) is 17.7 Å². The quantitative estimate of drug-likeness (QED) is 0.0652. The lowest BCUT2D eigenvalue weighted by atomic mass is 9.96. The normalized spacial score (nSPS) is 16.9. The number of nitrogens with two attached hydrogens (primary N) is 3. The minimum Gasteiger partial charge on any atom is -0.482 e. The number of carbonyl (C=O) groups is 2. The van der Waals surface area contributed by atoms with Gasteiger partial charge in [-0.1, -0.05) is 0 Å². The van der Waals surface area contributed by atoms with Gasteiger partial charge in [-0.15, -0.1) is 0 Å². The van der Waals surface area contributed by atoms with Crippen LogP contribution < -0.4 is 36.7 Å². The van der Waals surface area contributed by atoms with Crippen molar-refractivity contribution in [2.75, 3.05) is 58.0 Å². The van der Waals surface area contributed by atoms with Crippen molar-refractivity contribution in [1.82, 2.24) is 69.4 Å². The number of ether oxygens (including phenoxy) is 3. The van der Waals surface area contributed by atoms with Crippen molar-refractivity contribution >= 4 is 83.6 Å². The molecule has 4 aliphatic heterocycles. The lowest BCUT2D eigenvalue weighted by Gasteiger charge is -2.24. The molecule has 0 fully saturated rings. The van der Waals surface area contributed by atoms with Crippen molar-refractivity contribution in [2.24, 2.45) is 0 Å². The number of nitrogens with zero attached hydrogens (tertiary/aromatic N) is 16. The molecule has 9 aromatic rings. The second kappa shape index (κ2) is 30.6. The van der Waals surface area contributed by atoms with Gasteiger partial charge >= 0.3 is 0 Å². The van der Waals surface area contributed by atoms with E-state index < -0.39 is 23.8 Å². The molecule has 0 aliphatic carbocycles. The number of nitriles is 3. The van der Waals surface area contributed by atoms with Crippen LogP contribution in [0.4, 0.5) is 30.6 Å². The number of aryl methyl sites for hydroxylation is 3. The highest BCUT2D eigenvalue weighted by Gasteiger charge is 2.36. The predicted octanol–water partition coefficient (Wildman–Crippen LogP) is 10.8. The van der Waals surface area contributed by atoms with Gasteiger partial charge in [0.2, 0.25) is 0 Å². The topological polar surface area (TPSA) is 348 Å². The molecule has 13 rings (SSSR count). The zero-order valence-corrected chi connectivity index (χ0v) is 58.5. The highest BCUT2D eigenvalue weighted by molar-refractivity contribution is 14.1. The molecule has 500 valence electrons. The Labute approximate surface area is 586 Å². The third-order valence-electron chi connectivity index (χ3n) is 16.6. The molecule has 7 N–H and O–H groups in total. The van der Waals surface area contributed by atoms with Crippen LogP contribution in [0.2, 0.25) is 0 Å². The molecule has 31 heteroatoms. The van der Waals surface area contributed by atoms with Gasteiger partial charge in [0.1, 0.15) is 58.6 Å². The van der Waals surface area contributed by atoms with E-state index in [1.54, 1.807) is 54.9 Å². The summed E-state index contributed by atoms with van der Waals surface area (Å²) in [5, 5.41) is 43.4. The summed E-state index contributed by atoms with van der Waals surface area (Å²) in [4.78, 5) is 50.9. The summed E-state index contributed by atoms with van der Waals surface area (Å²) < 4.78 is 66.7. The molecular formula is C66H64Br2F3IN20O5. The number of fused-ring (bicyclic) bond motifs is 6. The number of likely N-dealkylation sites (N-methyl/N-ethyl adjacent to an activating group) is 2. The number of carbonyl (C=O) groups excluding carboxylic acids is 2. The fraction of sp³-hybridized carbons (Fsp3) is 0.318. The number of halogens is 6. The number of ketones is 1. The van der Waals surface area contributed by atoms with Crippen LogP contribution in [-0.4, -0.2) is 117 Å². The molecule has 25 nitrogen and oxygen atoms in total. The summed E-state index contributed by atoms with van der Waals surface area (Å²) in [6, 6.07) is 24.7. The maximum absolute atomic E-state index is 14.1. The molecule has 97 heavy (non-hydrogen) atoms. The third-order valence-corrected chi connectivity index (χ3v) is 18.4. The smallest absolute Gasteiger partial charge is 0.258 e. The highest BCUT2D eigenvalue weighted by Crippen LogP contribution is 2.41. The van der Waals surface area contributed by atoms with E-state index >= 15 is 0 Å². The van der Waals surface area contributed by atoms with Crippen molar-refractivity contribution in [2.45, 2.75) is 95.9 Å². The second-order valence-corrected chi connectivity index (χ2v) is 26.1. The van der Waals surface area contributed by atoms with Gasteiger partial charge in [-0.25, -0.2) is 38.1 Å². The molecule has 0 spiro atoms. The Bertz CT molecular complexity index is 4590. The molecule has 2 bridgehead atoms. The van der Waals surface area contributed by atoms with Crippen molar-refractivity contribution in [3.63, 3.8) is 0 Å². The minimum absolute atomic E-state index is 0.0450. The SMILES string of the molecule is CNC1CCn2nc(C#N)cc21.C[C@@H](Oc1cc(Br)cnc1N)c1cc(F)ccc1I.C[C@@H](Oc1nc(Br)cnc1N)c1cc(F)ccc1C(=O)CN(C)CC1CCn2nc(C#N)cc21.C[C@H]1Oc2nc(cnc2N)-c2c(C#N)nn3c2C(CC3)CN(C)C(=O)c2ccc(F)cc21. The molecule has 3 unspecified atom stereocenters. The van der Waals surface area contributed by atoms with E-state index in [4.69, 9.17) is 41.9 Å². The number of Topliss-reactive ketones (excluding diaryl/α,β-unsaturated/α-hetero) is 1. The first-order valence-electron chi connectivity index (χ1n) is 30.4. The third kappa shape index (κ3) is 16.1. The Hall–Kier alpha value is -9.59. The molecule has 0 saturated carbocycles. The largest absolute Gasteiger partial charge is 0.482 e. The summed E-state index contributed by atoms with van der Waals surface area (Å²) in [6.07, 6.45) is 5.52. The number of amides is 1. The Morgan fingerprint density at radius 2 is 1.42 bits per heavy atom. The standard InChI is InChI=1S/C23H23BrFN7O2.C22H20FN7O2.C13H11BrFIN2O.C8H10N4/c1-13(34-23-22(27)28-10-21(24)29-23)18-7-15(25)3-4-17(18)20(33)12-31(2)11-14-5-6-32-19(14)8-16(9-26)30-32;1-11-15-7-13(23)3-4-14(15)22(31)29(2)10-12-5-6-30-19(12)18(16(8-24)28-30)17-9-26-20(25)21(27-17)32-11;1-7(10-5-9(15)2-3-11(10)16)19-12-4-8(14)6-18-13(12)17;1-10-7-2-3-12-8(7)4-6(5-9)11-12/h3-4,7-8,10,13-14H,5-6,11-12H2,1-2H3,(H2,27,28);3-4,7,9,11-12H,5-6,10H2,1-2H3,(H2,25,26);2-7H,1H3,(H2,17,18);4,7,10H,2-3H2,1H3/t13-,14?;11-,12?;7-;/m111./s1. The summed E-state index contributed by atoms with van der Waals surface area (Å²) >= 11 is 8.68. The molecule has 0 saturated heterocycles. The summed E-state index contributed by atoms with van der Waals surface area (Å²) in [5.74, 6) is -0.463. The van der Waals surface area contributed by atoms with Gasteiger partial charge in [-0.3, -0.25) is 28.5 Å². The number of pyridine rings is 1. The average Bonchev–Trinajstić information content (AvgIpc) is 1.61. The zero-order chi connectivity index (χ0) is 69.5. The number of hydrogen-bond acceptors (Lipinski definition) is 21. The summed E-state index contributed by atoms with van der Waals surface area (Å²) in [7, 11) is 5.50. The predicted molar refractivity (Wildman–Crippen MR) is 366 cm³/mol. The van der Waals surface area contributed by atoms with Gasteiger partial charge in [-0.05, 0) is 181 Å². The number of nitrogens with one attached hydrogen (secondary N) is 1. The number of nitrogen functional groups attached to an aromatic ring is 3. The molecule has 6 aromatic heterocycles. The maximum Gasteiger partial charge on any atom is 0.258 e. The van der Waals surface area contributed by atoms with Crippen molar-refractivity contribution in [3.8, 4) is 47.0 Å². The van der Waals surface area contributed by atoms with Gasteiger partial charge in [0.15, 0.2) is 46.1 Å². The van der Waals surface area contributed by atoms with Crippen LogP contribution in [0.25, 0.3) is 11.3 Å². The lowest BCUT2D eigenvalue weighted by Crippen LogP contribution is -2.32. The summed E-state index contributed by atoms with van der Waals surface area (Å²) in [6.45, 7) is 8.71. The average molecular weight is 1560 g/mol. The van der Waals surface area contributed by atoms with E-state index in [0.29, 0.717) is 86.7 Å². The van der Waals surface area contributed by atoms with E-state index in [0.717, 1.165) is 63.0 Å². The Balaban J connectivity index is 0.000000149. The second-order valence-electron chi connectivity index (χ2n) is 23.2. The monoisotopic (exact) mass is 1560 g/mol. The fourth-order valence-corrected chi connectivity index (χ4v) is 13.3. The van der Waals surface area contributed by atoms with Crippen LogP contribution in [0.5, 0.6) is 17.5 Å². The summed E-state index contributed by atoms with van der Waals surface area (Å²) in [5.41, 5.74) is 25.0. The maximum atomic E-state index is 14.1. The lowest BCUT2D eigenvalue weighted by molar-refractivity contribution is 0.0780. The number of benzene rings is 3. The molecular weight excluding hydrogens is 1500 g/mol. The van der Waals surface area contributed by atoms with Crippen LogP contribution in [0.1, 0.15) is 148 Å². The Kier molecular flexibility index (Phi) is 22.2. The number of anilines is 3. The molecule has 6 atom stereocenters. The minimum atomic E-state index is -0.730. The zero-order valence-electron chi connectivity index (χ0n) is 53.2. The van der Waals surface area contributed by atoms with Crippen molar-refractivity contribution in [1.29, 1.82) is 15.8 Å². The van der Waals surface area contributed by atoms with Gasteiger partial charge in [0.05, 0.1) is 47.6 Å². The number of rotatable bonds is 12. The van der Waals surface area contributed by atoms with Crippen LogP contribution in [0.15, 0.2) is 100 Å². The first kappa shape index (κ1) is 70.2. The number of aromatic nitrogens is 11. The molecule has 1 amide bonds. The van der Waals surface area contributed by atoms with Crippen LogP contribution in [0.3, 0.4) is 0 Å². The van der Waals surface area contributed by atoms with Crippen LogP contribution in [0, 0.1) is 55.0 Å². The van der Waals surface area contributed by atoms with Crippen molar-refractivity contribution < 1.29 is 37.0 Å². The molecule has 4 aliphatic rings. The van der Waals surface area contributed by atoms with Gasteiger partial charge in [-0.2, -0.15) is 31.1 Å². The first-order valence-corrected chi connectivity index (χ1v) is 33.1. The Morgan fingerprint density at radius 1 is 0.784 bits per heavy atom.